The molecule has 1 amide bonds. The molecule has 1 aliphatic rings. The second-order valence-electron chi connectivity index (χ2n) is 5.59. The number of amides is 1. The molecule has 0 radical (unpaired) electrons. The van der Waals surface area contributed by atoms with Crippen molar-refractivity contribution in [2.75, 3.05) is 12.3 Å². The van der Waals surface area contributed by atoms with Crippen LogP contribution in [0.15, 0.2) is 16.0 Å². The van der Waals surface area contributed by atoms with Crippen LogP contribution in [0.5, 0.6) is 0 Å². The fraction of sp³-hybridized carbons (Fsp3) is 0.643. The highest BCUT2D eigenvalue weighted by molar-refractivity contribution is 7.99. The van der Waals surface area contributed by atoms with E-state index < -0.39 is 0 Å². The molecular formula is C14H21N3O2S. The molecule has 0 aliphatic carbocycles. The van der Waals surface area contributed by atoms with Gasteiger partial charge in [0.05, 0.1) is 6.04 Å². The third kappa shape index (κ3) is 3.62. The van der Waals surface area contributed by atoms with E-state index >= 15 is 0 Å². The number of nitrogens with one attached hydrogen (secondary N) is 1. The van der Waals surface area contributed by atoms with Gasteiger partial charge in [-0.1, -0.05) is 25.6 Å². The molecule has 0 spiro atoms. The molecule has 1 N–H and O–H groups in total. The van der Waals surface area contributed by atoms with Gasteiger partial charge in [-0.25, -0.2) is 4.98 Å². The number of nitrogens with zero attached hydrogens (tertiary/aromatic N) is 2. The van der Waals surface area contributed by atoms with Crippen molar-refractivity contribution in [2.24, 2.45) is 5.92 Å². The second-order valence-corrected chi connectivity index (χ2v) is 6.58. The van der Waals surface area contributed by atoms with E-state index in [4.69, 9.17) is 0 Å². The van der Waals surface area contributed by atoms with E-state index in [2.05, 4.69) is 24.1 Å². The van der Waals surface area contributed by atoms with E-state index in [-0.39, 0.29) is 17.5 Å². The average molecular weight is 295 g/mol. The molecule has 0 saturated carbocycles. The second kappa shape index (κ2) is 6.43. The van der Waals surface area contributed by atoms with Gasteiger partial charge in [-0.2, -0.15) is 0 Å². The lowest BCUT2D eigenvalue weighted by atomic mass is 10.1. The van der Waals surface area contributed by atoms with Crippen LogP contribution >= 0.6 is 11.8 Å². The summed E-state index contributed by atoms with van der Waals surface area (Å²) in [6.07, 6.45) is 1.32. The van der Waals surface area contributed by atoms with Crippen molar-refractivity contribution in [3.05, 3.63) is 22.1 Å². The number of carbonyl (C=O) groups excluding carboxylic acids is 1. The van der Waals surface area contributed by atoms with Gasteiger partial charge in [0, 0.05) is 30.5 Å². The summed E-state index contributed by atoms with van der Waals surface area (Å²) in [5, 5.41) is 3.65. The van der Waals surface area contributed by atoms with Crippen LogP contribution in [0.3, 0.4) is 0 Å². The van der Waals surface area contributed by atoms with E-state index in [1.54, 1.807) is 16.3 Å². The van der Waals surface area contributed by atoms with Crippen LogP contribution in [-0.4, -0.2) is 27.8 Å². The van der Waals surface area contributed by atoms with Crippen molar-refractivity contribution in [1.82, 2.24) is 14.9 Å². The van der Waals surface area contributed by atoms with E-state index in [0.29, 0.717) is 18.9 Å². The number of rotatable bonds is 5. The van der Waals surface area contributed by atoms with Crippen molar-refractivity contribution in [1.29, 1.82) is 0 Å². The number of hydrogen-bond acceptors (Lipinski definition) is 4. The number of hydrogen-bond donors (Lipinski definition) is 1. The third-order valence-electron chi connectivity index (χ3n) is 3.28. The molecule has 0 bridgehead atoms. The molecule has 1 atom stereocenters. The zero-order chi connectivity index (χ0) is 14.7. The van der Waals surface area contributed by atoms with Crippen LogP contribution in [0.25, 0.3) is 0 Å². The standard InChI is InChI=1S/C14H21N3O2S/c1-9(2)4-5-15-12(18)7-11-8-20-14-16-10(3)6-13(19)17(11)14/h6,9,11H,4-5,7-8H2,1-3H3,(H,15,18). The van der Waals surface area contributed by atoms with Gasteiger partial charge in [-0.3, -0.25) is 14.2 Å². The van der Waals surface area contributed by atoms with E-state index in [1.807, 2.05) is 6.92 Å². The van der Waals surface area contributed by atoms with Crippen LogP contribution in [-0.2, 0) is 4.79 Å². The van der Waals surface area contributed by atoms with Crippen LogP contribution in [0, 0.1) is 12.8 Å². The number of aromatic nitrogens is 2. The van der Waals surface area contributed by atoms with Crippen molar-refractivity contribution >= 4 is 17.7 Å². The monoisotopic (exact) mass is 295 g/mol. The molecule has 0 fully saturated rings. The van der Waals surface area contributed by atoms with Crippen molar-refractivity contribution < 1.29 is 4.79 Å². The Morgan fingerprint density at radius 1 is 1.60 bits per heavy atom. The quantitative estimate of drug-likeness (QED) is 0.841. The summed E-state index contributed by atoms with van der Waals surface area (Å²) in [6.45, 7) is 6.77. The van der Waals surface area contributed by atoms with Crippen LogP contribution in [0.1, 0.15) is 38.4 Å². The summed E-state index contributed by atoms with van der Waals surface area (Å²) in [6, 6.07) is 1.45. The minimum atomic E-state index is -0.0744. The molecule has 2 rings (SSSR count). The van der Waals surface area contributed by atoms with Crippen molar-refractivity contribution in [3.63, 3.8) is 0 Å². The molecule has 1 unspecified atom stereocenters. The molecule has 5 nitrogen and oxygen atoms in total. The Morgan fingerprint density at radius 3 is 3.05 bits per heavy atom. The molecular weight excluding hydrogens is 274 g/mol. The molecule has 0 aromatic carbocycles. The lowest BCUT2D eigenvalue weighted by Gasteiger charge is -2.13. The summed E-state index contributed by atoms with van der Waals surface area (Å²) in [4.78, 5) is 28.3. The lowest BCUT2D eigenvalue weighted by Crippen LogP contribution is -2.31. The van der Waals surface area contributed by atoms with E-state index in [9.17, 15) is 9.59 Å². The van der Waals surface area contributed by atoms with Gasteiger partial charge >= 0.3 is 0 Å². The van der Waals surface area contributed by atoms with Gasteiger partial charge < -0.3 is 5.32 Å². The summed E-state index contributed by atoms with van der Waals surface area (Å²) in [5.41, 5.74) is 0.674. The Morgan fingerprint density at radius 2 is 2.35 bits per heavy atom. The fourth-order valence-corrected chi connectivity index (χ4v) is 3.39. The smallest absolute Gasteiger partial charge is 0.254 e. The number of carbonyl (C=O) groups is 1. The summed E-state index contributed by atoms with van der Waals surface area (Å²) in [5.74, 6) is 1.33. The predicted octanol–water partition coefficient (Wildman–Crippen LogP) is 1.75. The minimum absolute atomic E-state index is 0.0107. The molecule has 6 heteroatoms. The van der Waals surface area contributed by atoms with Gasteiger partial charge in [-0.05, 0) is 19.3 Å². The zero-order valence-electron chi connectivity index (χ0n) is 12.2. The molecule has 0 saturated heterocycles. The molecule has 1 aromatic heterocycles. The van der Waals surface area contributed by atoms with Crippen LogP contribution < -0.4 is 10.9 Å². The SMILES string of the molecule is Cc1cc(=O)n2c(n1)SCC2CC(=O)NCCC(C)C. The zero-order valence-corrected chi connectivity index (χ0v) is 13.0. The summed E-state index contributed by atoms with van der Waals surface area (Å²) in [7, 11) is 0. The lowest BCUT2D eigenvalue weighted by molar-refractivity contribution is -0.121. The van der Waals surface area contributed by atoms with E-state index in [1.165, 1.54) is 6.07 Å². The first-order valence-electron chi connectivity index (χ1n) is 6.97. The van der Waals surface area contributed by atoms with Crippen molar-refractivity contribution in [2.45, 2.75) is 44.8 Å². The maximum Gasteiger partial charge on any atom is 0.254 e. The highest BCUT2D eigenvalue weighted by Crippen LogP contribution is 2.31. The number of aryl methyl sites for hydroxylation is 1. The molecule has 20 heavy (non-hydrogen) atoms. The first kappa shape index (κ1) is 15.1. The first-order chi connectivity index (χ1) is 9.47. The summed E-state index contributed by atoms with van der Waals surface area (Å²) < 4.78 is 1.65. The van der Waals surface area contributed by atoms with Gasteiger partial charge in [0.1, 0.15) is 0 Å². The van der Waals surface area contributed by atoms with E-state index in [0.717, 1.165) is 23.0 Å². The van der Waals surface area contributed by atoms with Gasteiger partial charge in [0.15, 0.2) is 5.16 Å². The third-order valence-corrected chi connectivity index (χ3v) is 4.38. The van der Waals surface area contributed by atoms with Gasteiger partial charge in [-0.15, -0.1) is 0 Å². The Kier molecular flexibility index (Phi) is 4.86. The molecule has 1 aliphatic heterocycles. The first-order valence-corrected chi connectivity index (χ1v) is 7.95. The Labute approximate surface area is 123 Å². The minimum Gasteiger partial charge on any atom is -0.356 e. The summed E-state index contributed by atoms with van der Waals surface area (Å²) >= 11 is 1.55. The topological polar surface area (TPSA) is 64.0 Å². The normalized spacial score (nSPS) is 17.3. The number of fused-ring (bicyclic) bond motifs is 1. The van der Waals surface area contributed by atoms with Crippen LogP contribution in [0.4, 0.5) is 0 Å². The molecule has 2 heterocycles. The predicted molar refractivity (Wildman–Crippen MR) is 80.1 cm³/mol. The largest absolute Gasteiger partial charge is 0.356 e. The fourth-order valence-electron chi connectivity index (χ4n) is 2.20. The van der Waals surface area contributed by atoms with Crippen molar-refractivity contribution in [3.8, 4) is 0 Å². The highest BCUT2D eigenvalue weighted by Gasteiger charge is 2.27. The molecule has 1 aromatic rings. The Bertz CT molecular complexity index is 554. The Balaban J connectivity index is 1.97. The van der Waals surface area contributed by atoms with Crippen LogP contribution in [0.2, 0.25) is 0 Å². The number of thioether (sulfide) groups is 1. The maximum atomic E-state index is 12.0. The van der Waals surface area contributed by atoms with Gasteiger partial charge in [0.2, 0.25) is 5.91 Å². The maximum absolute atomic E-state index is 12.0. The Hall–Kier alpha value is -1.30. The average Bonchev–Trinajstić information content (AvgIpc) is 2.71. The van der Waals surface area contributed by atoms with Gasteiger partial charge in [0.25, 0.3) is 5.56 Å². The highest BCUT2D eigenvalue weighted by atomic mass is 32.2. The molecule has 110 valence electrons.